The average Bonchev–Trinajstić information content (AvgIpc) is 3.13. The fraction of sp³-hybridized carbons (Fsp3) is 0.625. The third-order valence-corrected chi connectivity index (χ3v) is 5.56. The minimum Gasteiger partial charge on any atom is -0.343 e. The summed E-state index contributed by atoms with van der Waals surface area (Å²) < 4.78 is 0. The second-order valence-corrected chi connectivity index (χ2v) is 7.13. The van der Waals surface area contributed by atoms with Crippen molar-refractivity contribution in [3.8, 4) is 0 Å². The van der Waals surface area contributed by atoms with Gasteiger partial charge in [-0.3, -0.25) is 9.59 Å². The Morgan fingerprint density at radius 1 is 1.38 bits per heavy atom. The smallest absolute Gasteiger partial charge is 0.252 e. The normalized spacial score (nSPS) is 21.2. The van der Waals surface area contributed by atoms with Crippen molar-refractivity contribution in [3.05, 3.63) is 21.4 Å². The largest absolute Gasteiger partial charge is 0.343 e. The van der Waals surface area contributed by atoms with E-state index in [2.05, 4.69) is 12.2 Å². The van der Waals surface area contributed by atoms with Gasteiger partial charge in [0.2, 0.25) is 5.91 Å². The Balaban J connectivity index is 1.60. The zero-order valence-corrected chi connectivity index (χ0v) is 13.3. The van der Waals surface area contributed by atoms with Crippen LogP contribution < -0.4 is 5.32 Å². The highest BCUT2D eigenvalue weighted by Gasteiger charge is 2.24. The Morgan fingerprint density at radius 2 is 2.14 bits per heavy atom. The first kappa shape index (κ1) is 14.6. The molecule has 0 radical (unpaired) electrons. The number of carbonyl (C=O) groups excluding carboxylic acids is 2. The Bertz CT molecular complexity index is 546. The molecular formula is C16H22N2O2S. The number of hydrogen-bond acceptors (Lipinski definition) is 3. The van der Waals surface area contributed by atoms with Gasteiger partial charge in [-0.2, -0.15) is 0 Å². The molecule has 0 spiro atoms. The number of amides is 2. The van der Waals surface area contributed by atoms with Gasteiger partial charge in [0.25, 0.3) is 5.91 Å². The highest BCUT2D eigenvalue weighted by molar-refractivity contribution is 7.10. The summed E-state index contributed by atoms with van der Waals surface area (Å²) in [6.07, 6.45) is 5.38. The predicted molar refractivity (Wildman–Crippen MR) is 83.7 cm³/mol. The lowest BCUT2D eigenvalue weighted by atomic mass is 9.88. The molecule has 1 fully saturated rings. The second-order valence-electron chi connectivity index (χ2n) is 6.17. The summed E-state index contributed by atoms with van der Waals surface area (Å²) in [5.41, 5.74) is 2.00. The molecule has 2 heterocycles. The van der Waals surface area contributed by atoms with E-state index in [-0.39, 0.29) is 18.4 Å². The van der Waals surface area contributed by atoms with Gasteiger partial charge in [0.05, 0.1) is 12.1 Å². The van der Waals surface area contributed by atoms with E-state index in [0.717, 1.165) is 50.8 Å². The number of fused-ring (bicyclic) bond motifs is 1. The summed E-state index contributed by atoms with van der Waals surface area (Å²) in [5.74, 6) is 0.664. The fourth-order valence-electron chi connectivity index (χ4n) is 3.20. The first-order valence-electron chi connectivity index (χ1n) is 7.80. The van der Waals surface area contributed by atoms with Gasteiger partial charge in [-0.15, -0.1) is 11.3 Å². The van der Waals surface area contributed by atoms with E-state index in [4.69, 9.17) is 0 Å². The van der Waals surface area contributed by atoms with E-state index in [0.29, 0.717) is 5.92 Å². The number of nitrogens with zero attached hydrogens (tertiary/aromatic N) is 1. The number of likely N-dealkylation sites (tertiary alicyclic amines) is 1. The van der Waals surface area contributed by atoms with Crippen molar-refractivity contribution in [2.75, 3.05) is 19.6 Å². The summed E-state index contributed by atoms with van der Waals surface area (Å²) in [4.78, 5) is 27.5. The molecule has 0 bridgehead atoms. The van der Waals surface area contributed by atoms with Crippen LogP contribution in [0.1, 0.15) is 47.0 Å². The SMILES string of the molecule is CC1CCc2c(C(=O)NCC(=O)N3CCCC3)csc2C1. The van der Waals surface area contributed by atoms with Gasteiger partial charge in [-0.25, -0.2) is 0 Å². The standard InChI is InChI=1S/C16H22N2O2S/c1-11-4-5-12-13(10-21-14(12)8-11)16(20)17-9-15(19)18-6-2-3-7-18/h10-11H,2-9H2,1H3,(H,17,20). The fourth-order valence-corrected chi connectivity index (χ4v) is 4.44. The zero-order valence-electron chi connectivity index (χ0n) is 12.5. The maximum atomic E-state index is 12.3. The molecule has 1 aromatic heterocycles. The molecule has 114 valence electrons. The topological polar surface area (TPSA) is 49.4 Å². The molecule has 2 amide bonds. The van der Waals surface area contributed by atoms with Crippen LogP contribution in [0.5, 0.6) is 0 Å². The van der Waals surface area contributed by atoms with Crippen LogP contribution in [0.3, 0.4) is 0 Å². The van der Waals surface area contributed by atoms with E-state index in [9.17, 15) is 9.59 Å². The lowest BCUT2D eigenvalue weighted by molar-refractivity contribution is -0.129. The van der Waals surface area contributed by atoms with Crippen molar-refractivity contribution in [1.29, 1.82) is 0 Å². The maximum Gasteiger partial charge on any atom is 0.252 e. The molecule has 21 heavy (non-hydrogen) atoms. The Morgan fingerprint density at radius 3 is 2.90 bits per heavy atom. The first-order valence-corrected chi connectivity index (χ1v) is 8.68. The molecule has 0 saturated carbocycles. The van der Waals surface area contributed by atoms with Crippen molar-refractivity contribution in [1.82, 2.24) is 10.2 Å². The predicted octanol–water partition coefficient (Wildman–Crippen LogP) is 2.23. The number of rotatable bonds is 3. The molecule has 1 unspecified atom stereocenters. The summed E-state index contributed by atoms with van der Waals surface area (Å²) in [5, 5.41) is 4.76. The maximum absolute atomic E-state index is 12.3. The quantitative estimate of drug-likeness (QED) is 0.931. The van der Waals surface area contributed by atoms with Gasteiger partial charge in [-0.05, 0) is 43.6 Å². The van der Waals surface area contributed by atoms with Crippen LogP contribution in [-0.4, -0.2) is 36.3 Å². The Labute approximate surface area is 129 Å². The van der Waals surface area contributed by atoms with Crippen LogP contribution in [0, 0.1) is 5.92 Å². The summed E-state index contributed by atoms with van der Waals surface area (Å²) in [6.45, 7) is 4.05. The lowest BCUT2D eigenvalue weighted by Gasteiger charge is -2.19. The Hall–Kier alpha value is -1.36. The molecule has 1 N–H and O–H groups in total. The van der Waals surface area contributed by atoms with Gasteiger partial charge < -0.3 is 10.2 Å². The van der Waals surface area contributed by atoms with Crippen LogP contribution in [0.25, 0.3) is 0 Å². The molecule has 1 aliphatic heterocycles. The van der Waals surface area contributed by atoms with Crippen molar-refractivity contribution < 1.29 is 9.59 Å². The number of thiophene rings is 1. The van der Waals surface area contributed by atoms with Crippen LogP contribution in [0.15, 0.2) is 5.38 Å². The molecule has 1 aromatic rings. The van der Waals surface area contributed by atoms with E-state index < -0.39 is 0 Å². The molecule has 5 heteroatoms. The monoisotopic (exact) mass is 306 g/mol. The van der Waals surface area contributed by atoms with Crippen molar-refractivity contribution in [2.45, 2.75) is 39.0 Å². The zero-order chi connectivity index (χ0) is 14.8. The van der Waals surface area contributed by atoms with Gasteiger partial charge in [-0.1, -0.05) is 6.92 Å². The summed E-state index contributed by atoms with van der Waals surface area (Å²) in [7, 11) is 0. The van der Waals surface area contributed by atoms with Crippen LogP contribution in [0.4, 0.5) is 0 Å². The van der Waals surface area contributed by atoms with Crippen LogP contribution in [-0.2, 0) is 17.6 Å². The highest BCUT2D eigenvalue weighted by Crippen LogP contribution is 2.32. The van der Waals surface area contributed by atoms with E-state index in [1.807, 2.05) is 10.3 Å². The molecule has 0 aromatic carbocycles. The molecular weight excluding hydrogens is 284 g/mol. The third-order valence-electron chi connectivity index (χ3n) is 4.51. The van der Waals surface area contributed by atoms with E-state index in [1.54, 1.807) is 11.3 Å². The van der Waals surface area contributed by atoms with Gasteiger partial charge in [0, 0.05) is 23.3 Å². The van der Waals surface area contributed by atoms with E-state index >= 15 is 0 Å². The molecule has 4 nitrogen and oxygen atoms in total. The summed E-state index contributed by atoms with van der Waals surface area (Å²) >= 11 is 1.69. The molecule has 3 rings (SSSR count). The summed E-state index contributed by atoms with van der Waals surface area (Å²) in [6, 6.07) is 0. The minimum absolute atomic E-state index is 0.0403. The first-order chi connectivity index (χ1) is 10.1. The van der Waals surface area contributed by atoms with Gasteiger partial charge in [0.1, 0.15) is 0 Å². The lowest BCUT2D eigenvalue weighted by Crippen LogP contribution is -2.38. The molecule has 1 aliphatic carbocycles. The molecule has 2 aliphatic rings. The molecule has 1 atom stereocenters. The van der Waals surface area contributed by atoms with Gasteiger partial charge in [0.15, 0.2) is 0 Å². The number of hydrogen-bond donors (Lipinski definition) is 1. The minimum atomic E-state index is -0.0883. The highest BCUT2D eigenvalue weighted by atomic mass is 32.1. The van der Waals surface area contributed by atoms with Crippen LogP contribution in [0.2, 0.25) is 0 Å². The molecule has 1 saturated heterocycles. The second kappa shape index (κ2) is 6.18. The Kier molecular flexibility index (Phi) is 4.29. The van der Waals surface area contributed by atoms with Crippen molar-refractivity contribution in [2.24, 2.45) is 5.92 Å². The van der Waals surface area contributed by atoms with Gasteiger partial charge >= 0.3 is 0 Å². The third kappa shape index (κ3) is 3.12. The number of carbonyl (C=O) groups is 2. The van der Waals surface area contributed by atoms with Crippen molar-refractivity contribution >= 4 is 23.2 Å². The van der Waals surface area contributed by atoms with E-state index in [1.165, 1.54) is 10.4 Å². The average molecular weight is 306 g/mol. The van der Waals surface area contributed by atoms with Crippen molar-refractivity contribution in [3.63, 3.8) is 0 Å². The number of nitrogens with one attached hydrogen (secondary N) is 1. The van der Waals surface area contributed by atoms with Crippen LogP contribution >= 0.6 is 11.3 Å².